The Morgan fingerprint density at radius 1 is 1.32 bits per heavy atom. The fourth-order valence-corrected chi connectivity index (χ4v) is 2.65. The molecule has 1 N–H and O–H groups in total. The summed E-state index contributed by atoms with van der Waals surface area (Å²) in [7, 11) is 0. The monoisotopic (exact) mass is 316 g/mol. The van der Waals surface area contributed by atoms with Crippen LogP contribution in [0.1, 0.15) is 12.8 Å². The van der Waals surface area contributed by atoms with E-state index in [1.807, 2.05) is 24.3 Å². The molecular formula is C15H13BrN2O. The van der Waals surface area contributed by atoms with Crippen molar-refractivity contribution in [2.24, 2.45) is 5.92 Å². The Morgan fingerprint density at radius 3 is 2.89 bits per heavy atom. The minimum atomic E-state index is 0.0608. The van der Waals surface area contributed by atoms with Gasteiger partial charge in [0.25, 0.3) is 0 Å². The van der Waals surface area contributed by atoms with E-state index in [4.69, 9.17) is 0 Å². The predicted octanol–water partition coefficient (Wildman–Crippen LogP) is 3.90. The van der Waals surface area contributed by atoms with Gasteiger partial charge in [0.2, 0.25) is 5.91 Å². The second-order valence-electron chi connectivity index (χ2n) is 4.66. The topological polar surface area (TPSA) is 42.0 Å². The maximum absolute atomic E-state index is 12.1. The number of para-hydroxylation sites is 1. The fourth-order valence-electron chi connectivity index (χ4n) is 2.30. The highest BCUT2D eigenvalue weighted by Crippen LogP contribution is 2.26. The number of fused-ring (bicyclic) bond motifs is 1. The van der Waals surface area contributed by atoms with Crippen molar-refractivity contribution in [3.05, 3.63) is 47.1 Å². The van der Waals surface area contributed by atoms with Crippen LogP contribution in [-0.4, -0.2) is 10.9 Å². The maximum Gasteiger partial charge on any atom is 0.228 e. The Kier molecular flexibility index (Phi) is 3.34. The zero-order valence-corrected chi connectivity index (χ0v) is 11.9. The lowest BCUT2D eigenvalue weighted by Gasteiger charge is -2.12. The average molecular weight is 317 g/mol. The molecular weight excluding hydrogens is 304 g/mol. The van der Waals surface area contributed by atoms with Gasteiger partial charge in [-0.25, -0.2) is 0 Å². The van der Waals surface area contributed by atoms with Gasteiger partial charge >= 0.3 is 0 Å². The van der Waals surface area contributed by atoms with E-state index >= 15 is 0 Å². The molecule has 4 heteroatoms. The van der Waals surface area contributed by atoms with Crippen LogP contribution in [0.5, 0.6) is 0 Å². The minimum absolute atomic E-state index is 0.0608. The third-order valence-corrected chi connectivity index (χ3v) is 3.75. The number of benzene rings is 1. The minimum Gasteiger partial charge on any atom is -0.324 e. The molecule has 1 aromatic carbocycles. The van der Waals surface area contributed by atoms with Crippen molar-refractivity contribution >= 4 is 38.4 Å². The molecule has 0 atom stereocenters. The van der Waals surface area contributed by atoms with Gasteiger partial charge in [0.1, 0.15) is 0 Å². The Hall–Kier alpha value is -1.68. The number of halogens is 1. The number of allylic oxidation sites excluding steroid dienone is 2. The number of pyridine rings is 1. The molecule has 0 radical (unpaired) electrons. The highest BCUT2D eigenvalue weighted by atomic mass is 79.9. The number of aromatic nitrogens is 1. The molecule has 0 saturated heterocycles. The van der Waals surface area contributed by atoms with E-state index in [9.17, 15) is 4.79 Å². The van der Waals surface area contributed by atoms with Crippen LogP contribution in [0.15, 0.2) is 47.1 Å². The zero-order chi connectivity index (χ0) is 13.2. The summed E-state index contributed by atoms with van der Waals surface area (Å²) in [4.78, 5) is 16.5. The first-order chi connectivity index (χ1) is 9.24. The lowest BCUT2D eigenvalue weighted by molar-refractivity contribution is -0.119. The fraction of sp³-hybridized carbons (Fsp3) is 0.200. The first-order valence-corrected chi connectivity index (χ1v) is 7.03. The van der Waals surface area contributed by atoms with Crippen LogP contribution in [-0.2, 0) is 4.79 Å². The zero-order valence-electron chi connectivity index (χ0n) is 10.3. The second kappa shape index (κ2) is 5.13. The lowest BCUT2D eigenvalue weighted by atomic mass is 10.1. The Bertz CT molecular complexity index is 658. The number of rotatable bonds is 2. The molecule has 1 heterocycles. The number of nitrogens with one attached hydrogen (secondary N) is 1. The van der Waals surface area contributed by atoms with E-state index in [0.717, 1.165) is 33.9 Å². The van der Waals surface area contributed by atoms with Crippen molar-refractivity contribution in [3.63, 3.8) is 0 Å². The summed E-state index contributed by atoms with van der Waals surface area (Å²) in [5, 5.41) is 4.00. The second-order valence-corrected chi connectivity index (χ2v) is 5.58. The van der Waals surface area contributed by atoms with Gasteiger partial charge in [-0.3, -0.25) is 9.78 Å². The Labute approximate surface area is 119 Å². The third kappa shape index (κ3) is 2.54. The number of carbonyl (C=O) groups is 1. The largest absolute Gasteiger partial charge is 0.324 e. The molecule has 0 saturated carbocycles. The van der Waals surface area contributed by atoms with Gasteiger partial charge in [-0.2, -0.15) is 0 Å². The van der Waals surface area contributed by atoms with E-state index in [-0.39, 0.29) is 11.8 Å². The van der Waals surface area contributed by atoms with Crippen LogP contribution in [0, 0.1) is 5.92 Å². The smallest absolute Gasteiger partial charge is 0.228 e. The number of carbonyl (C=O) groups excluding carboxylic acids is 1. The molecule has 19 heavy (non-hydrogen) atoms. The highest BCUT2D eigenvalue weighted by Gasteiger charge is 2.19. The standard InChI is InChI=1S/C15H13BrN2O/c16-12-8-11-6-3-7-13(14(11)17-9-12)18-15(19)10-4-1-2-5-10/h1-3,6-10H,4-5H2,(H,18,19). The Balaban J connectivity index is 1.90. The van der Waals surface area contributed by atoms with Gasteiger partial charge in [-0.15, -0.1) is 0 Å². The maximum atomic E-state index is 12.1. The lowest BCUT2D eigenvalue weighted by Crippen LogP contribution is -2.20. The van der Waals surface area contributed by atoms with E-state index in [0.29, 0.717) is 0 Å². The van der Waals surface area contributed by atoms with Gasteiger partial charge in [0, 0.05) is 22.0 Å². The molecule has 1 aliphatic carbocycles. The first kappa shape index (κ1) is 12.4. The van der Waals surface area contributed by atoms with Gasteiger partial charge in [0.15, 0.2) is 0 Å². The number of anilines is 1. The first-order valence-electron chi connectivity index (χ1n) is 6.24. The van der Waals surface area contributed by atoms with E-state index in [2.05, 4.69) is 38.4 Å². The van der Waals surface area contributed by atoms with Crippen molar-refractivity contribution in [2.45, 2.75) is 12.8 Å². The molecule has 3 nitrogen and oxygen atoms in total. The van der Waals surface area contributed by atoms with E-state index < -0.39 is 0 Å². The normalized spacial score (nSPS) is 15.0. The molecule has 0 unspecified atom stereocenters. The van der Waals surface area contributed by atoms with Crippen molar-refractivity contribution in [2.75, 3.05) is 5.32 Å². The summed E-state index contributed by atoms with van der Waals surface area (Å²) < 4.78 is 0.934. The van der Waals surface area contributed by atoms with Crippen LogP contribution >= 0.6 is 15.9 Å². The van der Waals surface area contributed by atoms with Crippen LogP contribution < -0.4 is 5.32 Å². The molecule has 1 aliphatic rings. The summed E-state index contributed by atoms with van der Waals surface area (Å²) >= 11 is 3.40. The SMILES string of the molecule is O=C(Nc1cccc2cc(Br)cnc12)C1CC=CC1. The highest BCUT2D eigenvalue weighted by molar-refractivity contribution is 9.10. The van der Waals surface area contributed by atoms with Gasteiger partial charge < -0.3 is 5.32 Å². The van der Waals surface area contributed by atoms with Crippen molar-refractivity contribution in [1.82, 2.24) is 4.98 Å². The van der Waals surface area contributed by atoms with Crippen molar-refractivity contribution in [1.29, 1.82) is 0 Å². The Morgan fingerprint density at radius 2 is 2.11 bits per heavy atom. The van der Waals surface area contributed by atoms with Crippen molar-refractivity contribution in [3.8, 4) is 0 Å². The molecule has 1 aromatic heterocycles. The third-order valence-electron chi connectivity index (χ3n) is 3.31. The summed E-state index contributed by atoms with van der Waals surface area (Å²) in [5.74, 6) is 0.132. The molecule has 96 valence electrons. The number of amides is 1. The van der Waals surface area contributed by atoms with Crippen molar-refractivity contribution < 1.29 is 4.79 Å². The van der Waals surface area contributed by atoms with Crippen LogP contribution in [0.4, 0.5) is 5.69 Å². The molecule has 0 fully saturated rings. The van der Waals surface area contributed by atoms with Crippen LogP contribution in [0.3, 0.4) is 0 Å². The summed E-state index contributed by atoms with van der Waals surface area (Å²) in [6.07, 6.45) is 7.52. The summed E-state index contributed by atoms with van der Waals surface area (Å²) in [5.41, 5.74) is 1.60. The molecule has 3 rings (SSSR count). The quantitative estimate of drug-likeness (QED) is 0.854. The summed E-state index contributed by atoms with van der Waals surface area (Å²) in [6, 6.07) is 7.80. The number of hydrogen-bond acceptors (Lipinski definition) is 2. The van der Waals surface area contributed by atoms with Crippen LogP contribution in [0.25, 0.3) is 10.9 Å². The summed E-state index contributed by atoms with van der Waals surface area (Å²) in [6.45, 7) is 0. The average Bonchev–Trinajstić information content (AvgIpc) is 2.92. The van der Waals surface area contributed by atoms with Gasteiger partial charge in [0.05, 0.1) is 11.2 Å². The van der Waals surface area contributed by atoms with Gasteiger partial charge in [-0.05, 0) is 40.9 Å². The van der Waals surface area contributed by atoms with Gasteiger partial charge in [-0.1, -0.05) is 24.3 Å². The van der Waals surface area contributed by atoms with Crippen LogP contribution in [0.2, 0.25) is 0 Å². The number of nitrogens with zero attached hydrogens (tertiary/aromatic N) is 1. The van der Waals surface area contributed by atoms with E-state index in [1.54, 1.807) is 6.20 Å². The van der Waals surface area contributed by atoms with E-state index in [1.165, 1.54) is 0 Å². The molecule has 0 bridgehead atoms. The number of hydrogen-bond donors (Lipinski definition) is 1. The molecule has 2 aromatic rings. The molecule has 1 amide bonds. The molecule has 0 aliphatic heterocycles. The predicted molar refractivity (Wildman–Crippen MR) is 79.9 cm³/mol. The molecule has 0 spiro atoms.